The van der Waals surface area contributed by atoms with Crippen molar-refractivity contribution in [3.63, 3.8) is 0 Å². The number of anilines is 1. The van der Waals surface area contributed by atoms with Crippen LogP contribution in [-0.2, 0) is 4.79 Å². The van der Waals surface area contributed by atoms with Crippen LogP contribution >= 0.6 is 11.8 Å². The molecular formula is C28H29N5O5S. The van der Waals surface area contributed by atoms with Gasteiger partial charge in [-0.2, -0.15) is 0 Å². The highest BCUT2D eigenvalue weighted by Crippen LogP contribution is 2.31. The molecule has 11 heteroatoms. The number of carbonyl (C=O) groups is 1. The number of nitrogens with zero attached hydrogens (tertiary/aromatic N) is 4. The second-order valence-electron chi connectivity index (χ2n) is 8.97. The van der Waals surface area contributed by atoms with Crippen molar-refractivity contribution in [2.45, 2.75) is 37.9 Å². The van der Waals surface area contributed by atoms with Gasteiger partial charge in [0.2, 0.25) is 5.91 Å². The number of para-hydroxylation sites is 1. The van der Waals surface area contributed by atoms with Crippen LogP contribution in [0.3, 0.4) is 0 Å². The van der Waals surface area contributed by atoms with Crippen molar-refractivity contribution < 1.29 is 19.2 Å². The molecule has 1 unspecified atom stereocenters. The van der Waals surface area contributed by atoms with Crippen molar-refractivity contribution in [2.75, 3.05) is 18.2 Å². The van der Waals surface area contributed by atoms with Crippen molar-refractivity contribution in [1.82, 2.24) is 14.8 Å². The minimum Gasteiger partial charge on any atom is -0.495 e. The minimum absolute atomic E-state index is 0.0112. The molecule has 0 fully saturated rings. The van der Waals surface area contributed by atoms with Crippen LogP contribution in [0, 0.1) is 10.1 Å². The van der Waals surface area contributed by atoms with Gasteiger partial charge in [-0.3, -0.25) is 19.5 Å². The molecule has 39 heavy (non-hydrogen) atoms. The second-order valence-corrected chi connectivity index (χ2v) is 9.92. The van der Waals surface area contributed by atoms with Gasteiger partial charge in [-0.25, -0.2) is 0 Å². The zero-order valence-electron chi connectivity index (χ0n) is 22.0. The standard InChI is InChI=1S/C28H29N5O5S/c1-18(2)20-10-13-23(14-11-20)38-19(3)27-30-31-28(32(27)21-8-6-5-7-9-21)39-17-26(34)29-24-16-22(33(35)36)12-15-25(24)37-4/h5-16,18-19H,17H2,1-4H3,(H,29,34). The third-order valence-electron chi connectivity index (χ3n) is 5.90. The van der Waals surface area contributed by atoms with E-state index >= 15 is 0 Å². The van der Waals surface area contributed by atoms with Gasteiger partial charge in [-0.1, -0.05) is 55.9 Å². The molecule has 0 saturated heterocycles. The molecular weight excluding hydrogens is 518 g/mol. The average Bonchev–Trinajstić information content (AvgIpc) is 3.37. The molecule has 3 aromatic carbocycles. The number of hydrogen-bond donors (Lipinski definition) is 1. The molecule has 1 atom stereocenters. The SMILES string of the molecule is COc1ccc([N+](=O)[O-])cc1NC(=O)CSc1nnc(C(C)Oc2ccc(C(C)C)cc2)n1-c1ccccc1. The molecule has 4 rings (SSSR count). The van der Waals surface area contributed by atoms with Gasteiger partial charge in [0.25, 0.3) is 5.69 Å². The van der Waals surface area contributed by atoms with E-state index in [0.717, 1.165) is 5.69 Å². The zero-order valence-corrected chi connectivity index (χ0v) is 22.8. The van der Waals surface area contributed by atoms with E-state index < -0.39 is 11.0 Å². The summed E-state index contributed by atoms with van der Waals surface area (Å²) < 4.78 is 13.3. The summed E-state index contributed by atoms with van der Waals surface area (Å²) in [6.07, 6.45) is -0.431. The minimum atomic E-state index is -0.532. The first-order valence-electron chi connectivity index (χ1n) is 12.3. The van der Waals surface area contributed by atoms with Crippen LogP contribution in [0.4, 0.5) is 11.4 Å². The summed E-state index contributed by atoms with van der Waals surface area (Å²) in [6.45, 7) is 6.18. The van der Waals surface area contributed by atoms with Gasteiger partial charge in [0.1, 0.15) is 11.5 Å². The van der Waals surface area contributed by atoms with Crippen molar-refractivity contribution in [2.24, 2.45) is 0 Å². The summed E-state index contributed by atoms with van der Waals surface area (Å²) in [4.78, 5) is 23.4. The van der Waals surface area contributed by atoms with Gasteiger partial charge in [0.05, 0.1) is 23.5 Å². The van der Waals surface area contributed by atoms with Gasteiger partial charge in [-0.05, 0) is 48.7 Å². The number of amides is 1. The molecule has 0 spiro atoms. The van der Waals surface area contributed by atoms with Crippen molar-refractivity contribution in [1.29, 1.82) is 0 Å². The Kier molecular flexibility index (Phi) is 8.82. The Labute approximate surface area is 230 Å². The maximum Gasteiger partial charge on any atom is 0.271 e. The van der Waals surface area contributed by atoms with Crippen LogP contribution in [0.1, 0.15) is 44.2 Å². The number of aromatic nitrogens is 3. The van der Waals surface area contributed by atoms with Crippen LogP contribution in [0.25, 0.3) is 5.69 Å². The number of methoxy groups -OCH3 is 1. The molecule has 1 N–H and O–H groups in total. The summed E-state index contributed by atoms with van der Waals surface area (Å²) >= 11 is 1.19. The number of nitro groups is 1. The smallest absolute Gasteiger partial charge is 0.271 e. The van der Waals surface area contributed by atoms with Gasteiger partial charge < -0.3 is 14.8 Å². The maximum absolute atomic E-state index is 12.8. The number of benzene rings is 3. The molecule has 4 aromatic rings. The fourth-order valence-corrected chi connectivity index (χ4v) is 4.63. The van der Waals surface area contributed by atoms with Crippen LogP contribution in [0.5, 0.6) is 11.5 Å². The molecule has 0 radical (unpaired) electrons. The monoisotopic (exact) mass is 547 g/mol. The summed E-state index contributed by atoms with van der Waals surface area (Å²) in [7, 11) is 1.43. The lowest BCUT2D eigenvalue weighted by atomic mass is 10.0. The molecule has 1 aromatic heterocycles. The Morgan fingerprint density at radius 2 is 1.77 bits per heavy atom. The number of hydrogen-bond acceptors (Lipinski definition) is 8. The normalized spacial score (nSPS) is 11.7. The number of thioether (sulfide) groups is 1. The summed E-state index contributed by atoms with van der Waals surface area (Å²) in [6, 6.07) is 21.6. The van der Waals surface area contributed by atoms with Crippen LogP contribution in [0.2, 0.25) is 0 Å². The average molecular weight is 548 g/mol. The van der Waals surface area contributed by atoms with E-state index in [-0.39, 0.29) is 23.0 Å². The number of nitrogens with one attached hydrogen (secondary N) is 1. The van der Waals surface area contributed by atoms with Gasteiger partial charge in [0, 0.05) is 17.8 Å². The zero-order chi connectivity index (χ0) is 27.9. The van der Waals surface area contributed by atoms with Gasteiger partial charge >= 0.3 is 0 Å². The first kappa shape index (κ1) is 27.6. The Morgan fingerprint density at radius 3 is 2.41 bits per heavy atom. The highest BCUT2D eigenvalue weighted by molar-refractivity contribution is 7.99. The van der Waals surface area contributed by atoms with E-state index in [1.807, 2.05) is 66.1 Å². The molecule has 0 aliphatic rings. The highest BCUT2D eigenvalue weighted by atomic mass is 32.2. The number of nitro benzene ring substituents is 1. The fraction of sp³-hybridized carbons (Fsp3) is 0.250. The van der Waals surface area contributed by atoms with Gasteiger partial charge in [0.15, 0.2) is 17.1 Å². The lowest BCUT2D eigenvalue weighted by molar-refractivity contribution is -0.384. The number of non-ortho nitro benzene ring substituents is 1. The van der Waals surface area contributed by atoms with Gasteiger partial charge in [-0.15, -0.1) is 10.2 Å². The molecule has 0 aliphatic heterocycles. The quantitative estimate of drug-likeness (QED) is 0.134. The fourth-order valence-electron chi connectivity index (χ4n) is 3.87. The van der Waals surface area contributed by atoms with E-state index in [9.17, 15) is 14.9 Å². The number of ether oxygens (including phenoxy) is 2. The molecule has 202 valence electrons. The second kappa shape index (κ2) is 12.4. The lowest BCUT2D eigenvalue weighted by Gasteiger charge is -2.17. The first-order chi connectivity index (χ1) is 18.8. The van der Waals surface area contributed by atoms with Crippen LogP contribution in [0.15, 0.2) is 78.0 Å². The molecule has 1 heterocycles. The van der Waals surface area contributed by atoms with E-state index in [2.05, 4.69) is 29.4 Å². The lowest BCUT2D eigenvalue weighted by Crippen LogP contribution is -2.16. The molecule has 0 bridgehead atoms. The number of carbonyl (C=O) groups excluding carboxylic acids is 1. The van der Waals surface area contributed by atoms with Crippen LogP contribution in [-0.4, -0.2) is 38.5 Å². The summed E-state index contributed by atoms with van der Waals surface area (Å²) in [5.74, 6) is 1.65. The topological polar surface area (TPSA) is 121 Å². The van der Waals surface area contributed by atoms with E-state index in [1.54, 1.807) is 0 Å². The predicted molar refractivity (Wildman–Crippen MR) is 150 cm³/mol. The highest BCUT2D eigenvalue weighted by Gasteiger charge is 2.22. The molecule has 10 nitrogen and oxygen atoms in total. The van der Waals surface area contributed by atoms with E-state index in [1.165, 1.54) is 42.6 Å². The van der Waals surface area contributed by atoms with E-state index in [0.29, 0.717) is 28.4 Å². The molecule has 0 aliphatic carbocycles. The first-order valence-corrected chi connectivity index (χ1v) is 13.3. The third kappa shape index (κ3) is 6.74. The third-order valence-corrected chi connectivity index (χ3v) is 6.83. The summed E-state index contributed by atoms with van der Waals surface area (Å²) in [5.41, 5.74) is 2.11. The number of rotatable bonds is 11. The van der Waals surface area contributed by atoms with E-state index in [4.69, 9.17) is 9.47 Å². The Balaban J connectivity index is 1.53. The molecule has 0 saturated carbocycles. The Morgan fingerprint density at radius 1 is 1.05 bits per heavy atom. The predicted octanol–water partition coefficient (Wildman–Crippen LogP) is 6.18. The Hall–Kier alpha value is -4.38. The molecule has 1 amide bonds. The van der Waals surface area contributed by atoms with Crippen LogP contribution < -0.4 is 14.8 Å². The largest absolute Gasteiger partial charge is 0.495 e. The maximum atomic E-state index is 12.8. The van der Waals surface area contributed by atoms with Crippen molar-refractivity contribution in [3.05, 3.63) is 94.3 Å². The van der Waals surface area contributed by atoms with Crippen molar-refractivity contribution in [3.8, 4) is 17.2 Å². The van der Waals surface area contributed by atoms with Crippen molar-refractivity contribution >= 4 is 29.0 Å². The Bertz CT molecular complexity index is 1440. The summed E-state index contributed by atoms with van der Waals surface area (Å²) in [5, 5.41) is 23.1.